The first-order valence-electron chi connectivity index (χ1n) is 11.2. The van der Waals surface area contributed by atoms with Crippen LogP contribution in [0.1, 0.15) is 29.7 Å². The standard InChI is InChI=1S/C27H26ClN3O4/c1-3-34-26(32)23-24(18-7-5-4-6-8-18)30-27(29)31-25(23)19-11-14-21(22(15-19)33-2)35-16-17-9-12-20(28)13-10-17/h4-15,25H,3,16H2,1-2H3,(H3,29,30,31)/p+1/t25-/m0/s1. The summed E-state index contributed by atoms with van der Waals surface area (Å²) in [6.07, 6.45) is 0. The van der Waals surface area contributed by atoms with Crippen LogP contribution in [0.4, 0.5) is 0 Å². The first kappa shape index (κ1) is 24.2. The maximum absolute atomic E-state index is 13.1. The molecular formula is C27H27ClN3O4+. The van der Waals surface area contributed by atoms with Crippen LogP contribution in [0.3, 0.4) is 0 Å². The van der Waals surface area contributed by atoms with Crippen LogP contribution in [0.2, 0.25) is 5.02 Å². The lowest BCUT2D eigenvalue weighted by molar-refractivity contribution is -0.502. The molecule has 0 saturated carbocycles. The van der Waals surface area contributed by atoms with Gasteiger partial charge in [0.25, 0.3) is 0 Å². The summed E-state index contributed by atoms with van der Waals surface area (Å²) in [5, 5.41) is 3.77. The molecule has 0 aliphatic carbocycles. The molecule has 180 valence electrons. The number of hydrogen-bond donors (Lipinski definition) is 3. The summed E-state index contributed by atoms with van der Waals surface area (Å²) < 4.78 is 17.0. The van der Waals surface area contributed by atoms with E-state index < -0.39 is 12.0 Å². The molecule has 8 heteroatoms. The van der Waals surface area contributed by atoms with Crippen molar-refractivity contribution in [2.75, 3.05) is 13.7 Å². The molecule has 3 aromatic carbocycles. The Morgan fingerprint density at radius 2 is 1.80 bits per heavy atom. The molecule has 35 heavy (non-hydrogen) atoms. The van der Waals surface area contributed by atoms with Gasteiger partial charge in [-0.05, 0) is 42.3 Å². The second-order valence-corrected chi connectivity index (χ2v) is 8.25. The van der Waals surface area contributed by atoms with Crippen molar-refractivity contribution in [3.05, 3.63) is 100 Å². The van der Waals surface area contributed by atoms with Crippen LogP contribution in [0.25, 0.3) is 5.70 Å². The summed E-state index contributed by atoms with van der Waals surface area (Å²) >= 11 is 5.96. The molecular weight excluding hydrogens is 466 g/mol. The number of nitrogens with one attached hydrogen (secondary N) is 2. The van der Waals surface area contributed by atoms with Gasteiger partial charge in [0.2, 0.25) is 0 Å². The van der Waals surface area contributed by atoms with E-state index in [0.29, 0.717) is 40.4 Å². The fourth-order valence-corrected chi connectivity index (χ4v) is 3.97. The SMILES string of the molecule is CCOC(=O)C1=C(c2ccccc2)NC(N)=[NH+][C@H]1c1ccc(OCc2ccc(Cl)cc2)c(OC)c1. The first-order valence-corrected chi connectivity index (χ1v) is 11.6. The number of halogens is 1. The average Bonchev–Trinajstić information content (AvgIpc) is 2.88. The van der Waals surface area contributed by atoms with E-state index in [2.05, 4.69) is 10.3 Å². The van der Waals surface area contributed by atoms with Crippen LogP contribution in [0, 0.1) is 0 Å². The molecule has 0 amide bonds. The Bertz CT molecular complexity index is 1260. The van der Waals surface area contributed by atoms with Gasteiger partial charge in [-0.1, -0.05) is 60.1 Å². The fourth-order valence-electron chi connectivity index (χ4n) is 3.85. The summed E-state index contributed by atoms with van der Waals surface area (Å²) in [6.45, 7) is 2.37. The smallest absolute Gasteiger partial charge is 0.346 e. The molecule has 0 bridgehead atoms. The zero-order chi connectivity index (χ0) is 24.8. The minimum atomic E-state index is -0.565. The van der Waals surface area contributed by atoms with Gasteiger partial charge in [-0.2, -0.15) is 0 Å². The average molecular weight is 493 g/mol. The Labute approximate surface area is 209 Å². The van der Waals surface area contributed by atoms with Crippen molar-refractivity contribution in [3.8, 4) is 11.5 Å². The minimum Gasteiger partial charge on any atom is -0.493 e. The molecule has 1 aliphatic heterocycles. The van der Waals surface area contributed by atoms with E-state index in [1.165, 1.54) is 0 Å². The number of ether oxygens (including phenoxy) is 3. The van der Waals surface area contributed by atoms with E-state index >= 15 is 0 Å². The molecule has 4 rings (SSSR count). The van der Waals surface area contributed by atoms with E-state index in [4.69, 9.17) is 31.5 Å². The molecule has 0 fully saturated rings. The van der Waals surface area contributed by atoms with Gasteiger partial charge in [0, 0.05) is 10.6 Å². The van der Waals surface area contributed by atoms with Gasteiger partial charge in [0.15, 0.2) is 11.5 Å². The molecule has 0 unspecified atom stereocenters. The van der Waals surface area contributed by atoms with Crippen molar-refractivity contribution < 1.29 is 24.0 Å². The van der Waals surface area contributed by atoms with Crippen molar-refractivity contribution in [2.45, 2.75) is 19.6 Å². The zero-order valence-corrected chi connectivity index (χ0v) is 20.3. The second-order valence-electron chi connectivity index (χ2n) is 7.82. The quantitative estimate of drug-likeness (QED) is 0.418. The van der Waals surface area contributed by atoms with Crippen molar-refractivity contribution in [2.24, 2.45) is 5.73 Å². The summed E-state index contributed by atoms with van der Waals surface area (Å²) in [4.78, 5) is 16.3. The third kappa shape index (κ3) is 5.58. The van der Waals surface area contributed by atoms with Crippen LogP contribution < -0.4 is 25.5 Å². The highest BCUT2D eigenvalue weighted by atomic mass is 35.5. The number of carbonyl (C=O) groups is 1. The van der Waals surface area contributed by atoms with E-state index in [1.54, 1.807) is 14.0 Å². The van der Waals surface area contributed by atoms with Crippen LogP contribution in [-0.4, -0.2) is 25.6 Å². The Balaban J connectivity index is 1.70. The maximum atomic E-state index is 13.1. The number of guanidine groups is 1. The summed E-state index contributed by atoms with van der Waals surface area (Å²) in [5.41, 5.74) is 9.76. The maximum Gasteiger partial charge on any atom is 0.346 e. The normalized spacial score (nSPS) is 15.2. The lowest BCUT2D eigenvalue weighted by Gasteiger charge is -2.23. The molecule has 0 radical (unpaired) electrons. The van der Waals surface area contributed by atoms with Crippen LogP contribution in [0.5, 0.6) is 11.5 Å². The fraction of sp³-hybridized carbons (Fsp3) is 0.185. The van der Waals surface area contributed by atoms with Gasteiger partial charge in [-0.25, -0.2) is 10.1 Å². The molecule has 3 aromatic rings. The third-order valence-corrected chi connectivity index (χ3v) is 5.76. The second kappa shape index (κ2) is 11.0. The van der Waals surface area contributed by atoms with Crippen LogP contribution in [-0.2, 0) is 16.1 Å². The predicted octanol–water partition coefficient (Wildman–Crippen LogP) is 2.94. The monoisotopic (exact) mass is 492 g/mol. The van der Waals surface area contributed by atoms with E-state index in [0.717, 1.165) is 16.7 Å². The Kier molecular flexibility index (Phi) is 7.57. The molecule has 0 saturated heterocycles. The lowest BCUT2D eigenvalue weighted by Crippen LogP contribution is -2.82. The highest BCUT2D eigenvalue weighted by molar-refractivity contribution is 6.30. The number of carbonyl (C=O) groups excluding carboxylic acids is 1. The van der Waals surface area contributed by atoms with Crippen molar-refractivity contribution in [1.82, 2.24) is 5.32 Å². The van der Waals surface area contributed by atoms with Crippen LogP contribution in [0.15, 0.2) is 78.4 Å². The number of nitrogens with two attached hydrogens (primary N) is 1. The molecule has 0 aromatic heterocycles. The Morgan fingerprint density at radius 1 is 1.06 bits per heavy atom. The number of benzene rings is 3. The van der Waals surface area contributed by atoms with Gasteiger partial charge in [-0.15, -0.1) is 0 Å². The Morgan fingerprint density at radius 3 is 2.49 bits per heavy atom. The highest BCUT2D eigenvalue weighted by Gasteiger charge is 2.35. The van der Waals surface area contributed by atoms with Gasteiger partial charge in [0.05, 0.1) is 13.7 Å². The number of methoxy groups -OCH3 is 1. The number of rotatable bonds is 8. The molecule has 4 N–H and O–H groups in total. The van der Waals surface area contributed by atoms with Gasteiger partial charge >= 0.3 is 11.9 Å². The Hall–Kier alpha value is -3.97. The third-order valence-electron chi connectivity index (χ3n) is 5.50. The molecule has 1 aliphatic rings. The van der Waals surface area contributed by atoms with E-state index in [9.17, 15) is 4.79 Å². The lowest BCUT2D eigenvalue weighted by atomic mass is 9.93. The van der Waals surface area contributed by atoms with Gasteiger partial charge in [-0.3, -0.25) is 10.7 Å². The minimum absolute atomic E-state index is 0.247. The summed E-state index contributed by atoms with van der Waals surface area (Å²) in [7, 11) is 1.57. The zero-order valence-electron chi connectivity index (χ0n) is 19.5. The van der Waals surface area contributed by atoms with Crippen molar-refractivity contribution >= 4 is 29.2 Å². The molecule has 1 atom stereocenters. The molecule has 1 heterocycles. The van der Waals surface area contributed by atoms with Gasteiger partial charge in [0.1, 0.15) is 23.9 Å². The summed E-state index contributed by atoms with van der Waals surface area (Å²) in [6, 6.07) is 21.9. The van der Waals surface area contributed by atoms with E-state index in [-0.39, 0.29) is 6.61 Å². The van der Waals surface area contributed by atoms with Gasteiger partial charge < -0.3 is 14.2 Å². The molecule has 0 spiro atoms. The first-order chi connectivity index (χ1) is 17.0. The van der Waals surface area contributed by atoms with Crippen molar-refractivity contribution in [1.29, 1.82) is 0 Å². The summed E-state index contributed by atoms with van der Waals surface area (Å²) in [5.74, 6) is 0.983. The topological polar surface area (TPSA) is 96.8 Å². The van der Waals surface area contributed by atoms with Crippen molar-refractivity contribution in [3.63, 3.8) is 0 Å². The number of esters is 1. The van der Waals surface area contributed by atoms with Crippen LogP contribution >= 0.6 is 11.6 Å². The largest absolute Gasteiger partial charge is 0.493 e. The highest BCUT2D eigenvalue weighted by Crippen LogP contribution is 2.34. The number of hydrogen-bond acceptors (Lipinski definition) is 6. The van der Waals surface area contributed by atoms with E-state index in [1.807, 2.05) is 72.8 Å². The molecule has 7 nitrogen and oxygen atoms in total. The predicted molar refractivity (Wildman–Crippen MR) is 135 cm³/mol.